The first-order chi connectivity index (χ1) is 10.0. The number of ether oxygens (including phenoxy) is 1. The third-order valence-corrected chi connectivity index (χ3v) is 3.61. The third kappa shape index (κ3) is 3.13. The molecule has 0 N–H and O–H groups in total. The van der Waals surface area contributed by atoms with Crippen molar-refractivity contribution in [2.45, 2.75) is 59.0 Å². The van der Waals surface area contributed by atoms with Crippen molar-refractivity contribution in [1.82, 2.24) is 4.98 Å². The number of carbonyl (C=O) groups excluding carboxylic acids is 2. The highest BCUT2D eigenvalue weighted by Gasteiger charge is 2.41. The summed E-state index contributed by atoms with van der Waals surface area (Å²) in [4.78, 5) is 30.4. The third-order valence-electron chi connectivity index (χ3n) is 3.61. The maximum absolute atomic E-state index is 12.5. The van der Waals surface area contributed by atoms with Crippen LogP contribution in [-0.2, 0) is 10.2 Å². The average Bonchev–Trinajstić information content (AvgIpc) is 2.67. The number of nitrogens with zero attached hydrogens (tertiary/aromatic N) is 2. The number of Topliss-reactive ketones (excluding diaryl/α,β-unsaturated/α-hetero) is 1. The van der Waals surface area contributed by atoms with Gasteiger partial charge >= 0.3 is 6.09 Å². The Morgan fingerprint density at radius 3 is 2.55 bits per heavy atom. The number of amides is 1. The number of fused-ring (bicyclic) bond motifs is 1. The van der Waals surface area contributed by atoms with Crippen LogP contribution in [0, 0.1) is 0 Å². The molecule has 0 atom stereocenters. The quantitative estimate of drug-likeness (QED) is 0.782. The number of hydrogen-bond acceptors (Lipinski definition) is 4. The van der Waals surface area contributed by atoms with Crippen molar-refractivity contribution in [1.29, 1.82) is 0 Å². The van der Waals surface area contributed by atoms with Gasteiger partial charge in [-0.3, -0.25) is 14.7 Å². The predicted octanol–water partition coefficient (Wildman–Crippen LogP) is 3.71. The van der Waals surface area contributed by atoms with Gasteiger partial charge in [-0.15, -0.1) is 0 Å². The maximum Gasteiger partial charge on any atom is 0.414 e. The fourth-order valence-electron chi connectivity index (χ4n) is 2.57. The Balaban J connectivity index is 2.42. The molecule has 0 fully saturated rings. The van der Waals surface area contributed by atoms with Crippen LogP contribution in [0.15, 0.2) is 12.3 Å². The molecule has 0 unspecified atom stereocenters. The van der Waals surface area contributed by atoms with E-state index in [1.54, 1.807) is 17.2 Å². The average molecular weight is 304 g/mol. The zero-order chi connectivity index (χ0) is 16.7. The summed E-state index contributed by atoms with van der Waals surface area (Å²) in [6.07, 6.45) is 1.61. The molecule has 0 radical (unpaired) electrons. The van der Waals surface area contributed by atoms with Crippen LogP contribution in [0.25, 0.3) is 0 Å². The summed E-state index contributed by atoms with van der Waals surface area (Å²) in [6, 6.07) is 1.76. The molecule has 0 aliphatic carbocycles. The summed E-state index contributed by atoms with van der Waals surface area (Å²) >= 11 is 0. The lowest BCUT2D eigenvalue weighted by molar-refractivity contribution is 0.0579. The minimum Gasteiger partial charge on any atom is -0.443 e. The summed E-state index contributed by atoms with van der Waals surface area (Å²) in [5, 5.41) is 0. The maximum atomic E-state index is 12.5. The van der Waals surface area contributed by atoms with Crippen LogP contribution in [0.5, 0.6) is 0 Å². The molecule has 1 aliphatic rings. The molecule has 2 heterocycles. The van der Waals surface area contributed by atoms with Gasteiger partial charge in [0.15, 0.2) is 5.78 Å². The summed E-state index contributed by atoms with van der Waals surface area (Å²) in [7, 11) is 0. The largest absolute Gasteiger partial charge is 0.443 e. The van der Waals surface area contributed by atoms with Gasteiger partial charge in [-0.1, -0.05) is 20.8 Å². The molecule has 1 aliphatic heterocycles. The van der Waals surface area contributed by atoms with Gasteiger partial charge in [0.2, 0.25) is 0 Å². The molecule has 0 spiro atoms. The summed E-state index contributed by atoms with van der Waals surface area (Å²) < 4.78 is 5.47. The minimum atomic E-state index is -0.561. The van der Waals surface area contributed by atoms with Crippen LogP contribution in [0.2, 0.25) is 0 Å². The van der Waals surface area contributed by atoms with E-state index in [0.29, 0.717) is 24.2 Å². The molecule has 5 nitrogen and oxygen atoms in total. The number of rotatable bonds is 2. The topological polar surface area (TPSA) is 59.5 Å². The Labute approximate surface area is 131 Å². The molecule has 2 rings (SSSR count). The van der Waals surface area contributed by atoms with Gasteiger partial charge in [-0.2, -0.15) is 0 Å². The molecule has 0 saturated carbocycles. The van der Waals surface area contributed by atoms with Gasteiger partial charge in [0.05, 0.1) is 11.4 Å². The predicted molar refractivity (Wildman–Crippen MR) is 85.5 cm³/mol. The number of pyridine rings is 1. The summed E-state index contributed by atoms with van der Waals surface area (Å²) in [6.45, 7) is 11.9. The molecular weight excluding hydrogens is 280 g/mol. The van der Waals surface area contributed by atoms with E-state index in [1.165, 1.54) is 0 Å². The summed E-state index contributed by atoms with van der Waals surface area (Å²) in [5.74, 6) is 0.0177. The minimum absolute atomic E-state index is 0.0177. The highest BCUT2D eigenvalue weighted by Crippen LogP contribution is 2.40. The fraction of sp³-hybridized carbons (Fsp3) is 0.588. The number of ketones is 1. The Bertz CT molecular complexity index is 615. The zero-order valence-corrected chi connectivity index (χ0v) is 14.2. The first-order valence-electron chi connectivity index (χ1n) is 7.59. The molecule has 120 valence electrons. The second-order valence-corrected chi connectivity index (χ2v) is 7.32. The van der Waals surface area contributed by atoms with Gasteiger partial charge in [0, 0.05) is 30.1 Å². The lowest BCUT2D eigenvalue weighted by atomic mass is 9.91. The Hall–Kier alpha value is -1.91. The molecule has 1 aromatic rings. The first kappa shape index (κ1) is 16.5. The second-order valence-electron chi connectivity index (χ2n) is 7.32. The van der Waals surface area contributed by atoms with Crippen molar-refractivity contribution in [3.8, 4) is 0 Å². The van der Waals surface area contributed by atoms with Crippen LogP contribution in [0.1, 0.15) is 64.0 Å². The zero-order valence-electron chi connectivity index (χ0n) is 14.2. The lowest BCUT2D eigenvalue weighted by Gasteiger charge is -2.25. The van der Waals surface area contributed by atoms with Crippen LogP contribution >= 0.6 is 0 Å². The van der Waals surface area contributed by atoms with Gasteiger partial charge in [0.25, 0.3) is 0 Å². The van der Waals surface area contributed by atoms with E-state index < -0.39 is 11.7 Å². The number of aromatic nitrogens is 1. The second kappa shape index (κ2) is 5.38. The Morgan fingerprint density at radius 2 is 2.00 bits per heavy atom. The first-order valence-corrected chi connectivity index (χ1v) is 7.59. The van der Waals surface area contributed by atoms with Crippen molar-refractivity contribution in [2.24, 2.45) is 0 Å². The lowest BCUT2D eigenvalue weighted by Crippen LogP contribution is -2.38. The standard InChI is InChI=1S/C17H24N2O3/c1-7-13(20)11-8-12-14(18-9-11)17(5,6)10-19(12)15(21)22-16(2,3)4/h8-9H,7,10H2,1-6H3. The van der Waals surface area contributed by atoms with Crippen LogP contribution in [0.4, 0.5) is 10.5 Å². The van der Waals surface area contributed by atoms with Crippen molar-refractivity contribution in [3.05, 3.63) is 23.5 Å². The van der Waals surface area contributed by atoms with Crippen LogP contribution in [0.3, 0.4) is 0 Å². The van der Waals surface area contributed by atoms with Crippen molar-refractivity contribution in [2.75, 3.05) is 11.4 Å². The fourth-order valence-corrected chi connectivity index (χ4v) is 2.57. The summed E-state index contributed by atoms with van der Waals surface area (Å²) in [5.41, 5.74) is 1.21. The molecule has 0 bridgehead atoms. The van der Waals surface area contributed by atoms with E-state index in [1.807, 2.05) is 41.5 Å². The van der Waals surface area contributed by atoms with Gasteiger partial charge < -0.3 is 4.74 Å². The molecule has 5 heteroatoms. The Kier molecular flexibility index (Phi) is 4.02. The van der Waals surface area contributed by atoms with Crippen molar-refractivity contribution >= 4 is 17.6 Å². The van der Waals surface area contributed by atoms with Gasteiger partial charge in [0.1, 0.15) is 5.60 Å². The molecule has 0 aromatic carbocycles. The van der Waals surface area contributed by atoms with E-state index >= 15 is 0 Å². The number of carbonyl (C=O) groups is 2. The monoisotopic (exact) mass is 304 g/mol. The highest BCUT2D eigenvalue weighted by atomic mass is 16.6. The molecule has 1 aromatic heterocycles. The highest BCUT2D eigenvalue weighted by molar-refractivity contribution is 5.98. The molecule has 0 saturated heterocycles. The van der Waals surface area contributed by atoms with Gasteiger partial charge in [-0.25, -0.2) is 4.79 Å². The molecule has 1 amide bonds. The van der Waals surface area contributed by atoms with Crippen LogP contribution < -0.4 is 4.90 Å². The SMILES string of the molecule is CCC(=O)c1cnc2c(c1)N(C(=O)OC(C)(C)C)CC2(C)C. The normalized spacial score (nSPS) is 16.4. The van der Waals surface area contributed by atoms with E-state index in [2.05, 4.69) is 4.98 Å². The van der Waals surface area contributed by atoms with E-state index in [-0.39, 0.29) is 11.2 Å². The smallest absolute Gasteiger partial charge is 0.414 e. The van der Waals surface area contributed by atoms with Crippen LogP contribution in [-0.4, -0.2) is 29.0 Å². The van der Waals surface area contributed by atoms with E-state index in [9.17, 15) is 9.59 Å². The number of hydrogen-bond donors (Lipinski definition) is 0. The number of anilines is 1. The Morgan fingerprint density at radius 1 is 1.36 bits per heavy atom. The molecular formula is C17H24N2O3. The van der Waals surface area contributed by atoms with Crippen molar-refractivity contribution in [3.63, 3.8) is 0 Å². The van der Waals surface area contributed by atoms with E-state index in [4.69, 9.17) is 4.74 Å². The molecule has 22 heavy (non-hydrogen) atoms. The van der Waals surface area contributed by atoms with Crippen molar-refractivity contribution < 1.29 is 14.3 Å². The van der Waals surface area contributed by atoms with E-state index in [0.717, 1.165) is 5.69 Å². The van der Waals surface area contributed by atoms with Gasteiger partial charge in [-0.05, 0) is 26.8 Å².